The quantitative estimate of drug-likeness (QED) is 0.870. The van der Waals surface area contributed by atoms with E-state index in [2.05, 4.69) is 30.9 Å². The molecule has 1 heterocycles. The number of hydrogen-bond acceptors (Lipinski definition) is 3. The summed E-state index contributed by atoms with van der Waals surface area (Å²) in [5.74, 6) is 0.363. The SMILES string of the molecule is CCN(CC)C(C(=O)N1C[C@@H](N)[C@H](c2ccccc2)C1)c1ccccc1. The van der Waals surface area contributed by atoms with Gasteiger partial charge in [-0.1, -0.05) is 74.5 Å². The van der Waals surface area contributed by atoms with Gasteiger partial charge in [0.1, 0.15) is 6.04 Å². The van der Waals surface area contributed by atoms with Crippen LogP contribution in [0.5, 0.6) is 0 Å². The Kier molecular flexibility index (Phi) is 6.07. The molecular weight excluding hydrogens is 322 g/mol. The lowest BCUT2D eigenvalue weighted by Crippen LogP contribution is -2.43. The maximum atomic E-state index is 13.5. The monoisotopic (exact) mass is 351 g/mol. The normalized spacial score (nSPS) is 21.2. The van der Waals surface area contributed by atoms with E-state index in [0.717, 1.165) is 18.7 Å². The molecule has 0 bridgehead atoms. The summed E-state index contributed by atoms with van der Waals surface area (Å²) < 4.78 is 0. The zero-order valence-corrected chi connectivity index (χ0v) is 15.7. The van der Waals surface area contributed by atoms with Crippen molar-refractivity contribution in [1.82, 2.24) is 9.80 Å². The van der Waals surface area contributed by atoms with E-state index in [0.29, 0.717) is 13.1 Å². The third-order valence-corrected chi connectivity index (χ3v) is 5.43. The Labute approximate surface area is 156 Å². The molecule has 1 aliphatic heterocycles. The van der Waals surface area contributed by atoms with Crippen LogP contribution in [0, 0.1) is 0 Å². The van der Waals surface area contributed by atoms with Crippen LogP contribution >= 0.6 is 0 Å². The topological polar surface area (TPSA) is 49.6 Å². The fourth-order valence-electron chi connectivity index (χ4n) is 3.97. The van der Waals surface area contributed by atoms with E-state index >= 15 is 0 Å². The van der Waals surface area contributed by atoms with Gasteiger partial charge in [0.15, 0.2) is 0 Å². The summed E-state index contributed by atoms with van der Waals surface area (Å²) in [5.41, 5.74) is 8.68. The van der Waals surface area contributed by atoms with Crippen LogP contribution in [-0.4, -0.2) is 47.9 Å². The van der Waals surface area contributed by atoms with E-state index in [1.54, 1.807) is 0 Å². The van der Waals surface area contributed by atoms with Crippen molar-refractivity contribution in [2.45, 2.75) is 31.8 Å². The summed E-state index contributed by atoms with van der Waals surface area (Å²) >= 11 is 0. The van der Waals surface area contributed by atoms with Crippen molar-refractivity contribution in [3.05, 3.63) is 71.8 Å². The van der Waals surface area contributed by atoms with Gasteiger partial charge in [0, 0.05) is 25.0 Å². The Morgan fingerprint density at radius 1 is 1.04 bits per heavy atom. The number of nitrogens with two attached hydrogens (primary N) is 1. The first kappa shape index (κ1) is 18.6. The maximum Gasteiger partial charge on any atom is 0.244 e. The molecule has 3 rings (SSSR count). The average Bonchev–Trinajstić information content (AvgIpc) is 3.08. The van der Waals surface area contributed by atoms with Crippen molar-refractivity contribution in [3.63, 3.8) is 0 Å². The summed E-state index contributed by atoms with van der Waals surface area (Å²) in [4.78, 5) is 17.6. The highest BCUT2D eigenvalue weighted by molar-refractivity contribution is 5.84. The third-order valence-electron chi connectivity index (χ3n) is 5.43. The van der Waals surface area contributed by atoms with E-state index in [4.69, 9.17) is 5.73 Å². The van der Waals surface area contributed by atoms with Crippen LogP contribution in [0.2, 0.25) is 0 Å². The molecule has 1 amide bonds. The Hall–Kier alpha value is -2.17. The Morgan fingerprint density at radius 3 is 2.19 bits per heavy atom. The second-order valence-electron chi connectivity index (χ2n) is 6.96. The summed E-state index contributed by atoms with van der Waals surface area (Å²) in [7, 11) is 0. The number of carbonyl (C=O) groups is 1. The van der Waals surface area contributed by atoms with Gasteiger partial charge in [-0.3, -0.25) is 9.69 Å². The number of rotatable bonds is 6. The van der Waals surface area contributed by atoms with E-state index in [9.17, 15) is 4.79 Å². The molecule has 4 nitrogen and oxygen atoms in total. The number of likely N-dealkylation sites (tertiary alicyclic amines) is 1. The number of likely N-dealkylation sites (N-methyl/N-ethyl adjacent to an activating group) is 1. The zero-order chi connectivity index (χ0) is 18.5. The largest absolute Gasteiger partial charge is 0.339 e. The fraction of sp³-hybridized carbons (Fsp3) is 0.409. The van der Waals surface area contributed by atoms with Crippen LogP contribution in [-0.2, 0) is 4.79 Å². The van der Waals surface area contributed by atoms with Crippen LogP contribution in [0.25, 0.3) is 0 Å². The third kappa shape index (κ3) is 3.81. The van der Waals surface area contributed by atoms with Crippen LogP contribution in [0.1, 0.15) is 36.9 Å². The molecule has 1 saturated heterocycles. The first-order valence-electron chi connectivity index (χ1n) is 9.54. The van der Waals surface area contributed by atoms with Crippen molar-refractivity contribution in [2.75, 3.05) is 26.2 Å². The predicted octanol–water partition coefficient (Wildman–Crippen LogP) is 3.02. The lowest BCUT2D eigenvalue weighted by atomic mass is 9.95. The van der Waals surface area contributed by atoms with Crippen LogP contribution in [0.4, 0.5) is 0 Å². The van der Waals surface area contributed by atoms with Gasteiger partial charge in [-0.2, -0.15) is 0 Å². The van der Waals surface area contributed by atoms with Gasteiger partial charge in [-0.25, -0.2) is 0 Å². The standard InChI is InChI=1S/C22H29N3O/c1-3-24(4-2)21(18-13-9-6-10-14-18)22(26)25-15-19(20(23)16-25)17-11-7-5-8-12-17/h5-14,19-21H,3-4,15-16,23H2,1-2H3/t19-,20+,21?/m0/s1. The highest BCUT2D eigenvalue weighted by atomic mass is 16.2. The Balaban J connectivity index is 1.83. The molecule has 1 unspecified atom stereocenters. The fourth-order valence-corrected chi connectivity index (χ4v) is 3.97. The molecule has 138 valence electrons. The minimum absolute atomic E-state index is 0.0190. The van der Waals surface area contributed by atoms with E-state index < -0.39 is 0 Å². The molecule has 0 saturated carbocycles. The van der Waals surface area contributed by atoms with Crippen molar-refractivity contribution in [3.8, 4) is 0 Å². The molecule has 3 atom stereocenters. The van der Waals surface area contributed by atoms with Crippen LogP contribution in [0.15, 0.2) is 60.7 Å². The van der Waals surface area contributed by atoms with Gasteiger partial charge in [0.25, 0.3) is 0 Å². The van der Waals surface area contributed by atoms with Gasteiger partial charge in [-0.15, -0.1) is 0 Å². The number of amides is 1. The van der Waals surface area contributed by atoms with Crippen LogP contribution in [0.3, 0.4) is 0 Å². The number of benzene rings is 2. The highest BCUT2D eigenvalue weighted by Gasteiger charge is 2.38. The molecule has 2 N–H and O–H groups in total. The lowest BCUT2D eigenvalue weighted by molar-refractivity contribution is -0.136. The summed E-state index contributed by atoms with van der Waals surface area (Å²) in [5, 5.41) is 0. The summed E-state index contributed by atoms with van der Waals surface area (Å²) in [6, 6.07) is 20.1. The van der Waals surface area contributed by atoms with Gasteiger partial charge in [0.2, 0.25) is 5.91 Å². The Bertz CT molecular complexity index is 700. The highest BCUT2D eigenvalue weighted by Crippen LogP contribution is 2.30. The molecule has 0 radical (unpaired) electrons. The van der Waals surface area contributed by atoms with E-state index in [-0.39, 0.29) is 23.9 Å². The first-order valence-corrected chi connectivity index (χ1v) is 9.54. The summed E-state index contributed by atoms with van der Waals surface area (Å²) in [6.45, 7) is 7.19. The molecular formula is C22H29N3O. The number of hydrogen-bond donors (Lipinski definition) is 1. The Morgan fingerprint density at radius 2 is 1.62 bits per heavy atom. The number of nitrogens with zero attached hydrogens (tertiary/aromatic N) is 2. The van der Waals surface area contributed by atoms with Crippen molar-refractivity contribution in [1.29, 1.82) is 0 Å². The number of carbonyl (C=O) groups excluding carboxylic acids is 1. The van der Waals surface area contributed by atoms with Crippen molar-refractivity contribution < 1.29 is 4.79 Å². The lowest BCUT2D eigenvalue weighted by Gasteiger charge is -2.32. The van der Waals surface area contributed by atoms with Crippen LogP contribution < -0.4 is 5.73 Å². The first-order chi connectivity index (χ1) is 12.7. The van der Waals surface area contributed by atoms with Gasteiger partial charge >= 0.3 is 0 Å². The predicted molar refractivity (Wildman–Crippen MR) is 106 cm³/mol. The van der Waals surface area contributed by atoms with Gasteiger partial charge in [0.05, 0.1) is 0 Å². The second kappa shape index (κ2) is 8.47. The van der Waals surface area contributed by atoms with Gasteiger partial charge < -0.3 is 10.6 Å². The summed E-state index contributed by atoms with van der Waals surface area (Å²) in [6.07, 6.45) is 0. The van der Waals surface area contributed by atoms with Crippen molar-refractivity contribution >= 4 is 5.91 Å². The maximum absolute atomic E-state index is 13.5. The van der Waals surface area contributed by atoms with E-state index in [1.165, 1.54) is 5.56 Å². The molecule has 4 heteroatoms. The second-order valence-corrected chi connectivity index (χ2v) is 6.96. The molecule has 26 heavy (non-hydrogen) atoms. The molecule has 0 aromatic heterocycles. The molecule has 2 aromatic carbocycles. The minimum atomic E-state index is -0.243. The molecule has 2 aromatic rings. The molecule has 0 spiro atoms. The van der Waals surface area contributed by atoms with Gasteiger partial charge in [-0.05, 0) is 24.2 Å². The zero-order valence-electron chi connectivity index (χ0n) is 15.7. The van der Waals surface area contributed by atoms with Crippen molar-refractivity contribution in [2.24, 2.45) is 5.73 Å². The minimum Gasteiger partial charge on any atom is -0.339 e. The molecule has 1 fully saturated rings. The molecule has 0 aliphatic carbocycles. The van der Waals surface area contributed by atoms with E-state index in [1.807, 2.05) is 53.4 Å². The molecule has 1 aliphatic rings. The smallest absolute Gasteiger partial charge is 0.244 e. The average molecular weight is 351 g/mol.